The molecule has 78 valence electrons. The van der Waals surface area contributed by atoms with E-state index in [4.69, 9.17) is 10.8 Å². The maximum absolute atomic E-state index is 9.05. The van der Waals surface area contributed by atoms with Crippen molar-refractivity contribution < 1.29 is 5.11 Å². The van der Waals surface area contributed by atoms with Gasteiger partial charge >= 0.3 is 0 Å². The molecule has 3 heteroatoms. The van der Waals surface area contributed by atoms with Gasteiger partial charge in [-0.25, -0.2) is 0 Å². The van der Waals surface area contributed by atoms with Crippen LogP contribution in [-0.4, -0.2) is 30.3 Å². The topological polar surface area (TPSA) is 58.3 Å². The molecule has 0 saturated heterocycles. The van der Waals surface area contributed by atoms with E-state index in [2.05, 4.69) is 12.2 Å². The highest BCUT2D eigenvalue weighted by Gasteiger charge is 2.26. The first-order valence-electron chi connectivity index (χ1n) is 5.38. The minimum atomic E-state index is 0.240. The summed E-state index contributed by atoms with van der Waals surface area (Å²) in [6.07, 6.45) is 4.74. The summed E-state index contributed by atoms with van der Waals surface area (Å²) in [7, 11) is 0. The molecule has 3 nitrogen and oxygen atoms in total. The third-order valence-corrected chi connectivity index (χ3v) is 3.12. The molecule has 0 aromatic heterocycles. The number of hydrogen-bond acceptors (Lipinski definition) is 3. The van der Waals surface area contributed by atoms with Crippen molar-refractivity contribution in [2.24, 2.45) is 11.7 Å². The van der Waals surface area contributed by atoms with Crippen molar-refractivity contribution in [2.45, 2.75) is 44.7 Å². The Hall–Kier alpha value is -0.120. The second-order valence-electron chi connectivity index (χ2n) is 3.99. The van der Waals surface area contributed by atoms with Gasteiger partial charge < -0.3 is 16.2 Å². The van der Waals surface area contributed by atoms with E-state index in [0.29, 0.717) is 12.0 Å². The van der Waals surface area contributed by atoms with Crippen LogP contribution in [0.25, 0.3) is 0 Å². The second kappa shape index (κ2) is 5.58. The highest BCUT2D eigenvalue weighted by Crippen LogP contribution is 2.25. The summed E-state index contributed by atoms with van der Waals surface area (Å²) in [4.78, 5) is 0. The largest absolute Gasteiger partial charge is 0.395 e. The van der Waals surface area contributed by atoms with Crippen LogP contribution in [0.1, 0.15) is 32.6 Å². The zero-order chi connectivity index (χ0) is 9.68. The standard InChI is InChI=1S/C10H22N2O/c1-2-9(7-13)12-10-5-3-4-8(10)6-11/h8-10,12-13H,2-7,11H2,1H3. The van der Waals surface area contributed by atoms with Gasteiger partial charge in [0.05, 0.1) is 6.61 Å². The van der Waals surface area contributed by atoms with Crippen LogP contribution in [0.3, 0.4) is 0 Å². The van der Waals surface area contributed by atoms with Crippen LogP contribution in [0.2, 0.25) is 0 Å². The Labute approximate surface area is 80.7 Å². The van der Waals surface area contributed by atoms with E-state index < -0.39 is 0 Å². The molecule has 0 aromatic carbocycles. The van der Waals surface area contributed by atoms with E-state index in [1.54, 1.807) is 0 Å². The predicted molar refractivity (Wildman–Crippen MR) is 54.5 cm³/mol. The minimum absolute atomic E-state index is 0.240. The first-order valence-corrected chi connectivity index (χ1v) is 5.38. The molecule has 0 spiro atoms. The zero-order valence-corrected chi connectivity index (χ0v) is 8.50. The van der Waals surface area contributed by atoms with Crippen LogP contribution in [0.5, 0.6) is 0 Å². The Morgan fingerprint density at radius 3 is 2.85 bits per heavy atom. The Bertz CT molecular complexity index is 137. The Morgan fingerprint density at radius 2 is 2.31 bits per heavy atom. The Kier molecular flexibility index (Phi) is 4.70. The molecule has 3 unspecified atom stereocenters. The molecule has 0 amide bonds. The van der Waals surface area contributed by atoms with E-state index in [1.165, 1.54) is 19.3 Å². The first kappa shape index (κ1) is 11.0. The molecule has 1 aliphatic rings. The van der Waals surface area contributed by atoms with E-state index in [1.807, 2.05) is 0 Å². The van der Waals surface area contributed by atoms with E-state index in [9.17, 15) is 0 Å². The van der Waals surface area contributed by atoms with Gasteiger partial charge in [0.15, 0.2) is 0 Å². The lowest BCUT2D eigenvalue weighted by Crippen LogP contribution is -2.43. The summed E-state index contributed by atoms with van der Waals surface area (Å²) in [6, 6.07) is 0.805. The average Bonchev–Trinajstić information content (AvgIpc) is 2.61. The molecule has 13 heavy (non-hydrogen) atoms. The predicted octanol–water partition coefficient (Wildman–Crippen LogP) is 0.474. The van der Waals surface area contributed by atoms with Gasteiger partial charge in [0.25, 0.3) is 0 Å². The third-order valence-electron chi connectivity index (χ3n) is 3.12. The molecule has 1 aliphatic carbocycles. The van der Waals surface area contributed by atoms with Crippen molar-refractivity contribution in [3.63, 3.8) is 0 Å². The summed E-state index contributed by atoms with van der Waals surface area (Å²) in [5.74, 6) is 0.626. The van der Waals surface area contributed by atoms with E-state index in [-0.39, 0.29) is 12.6 Å². The summed E-state index contributed by atoms with van der Waals surface area (Å²) >= 11 is 0. The van der Waals surface area contributed by atoms with Crippen molar-refractivity contribution >= 4 is 0 Å². The third kappa shape index (κ3) is 2.93. The fourth-order valence-corrected chi connectivity index (χ4v) is 2.14. The van der Waals surface area contributed by atoms with Crippen LogP contribution in [-0.2, 0) is 0 Å². The number of aliphatic hydroxyl groups excluding tert-OH is 1. The summed E-state index contributed by atoms with van der Waals surface area (Å²) in [5.41, 5.74) is 5.68. The molecule has 0 aromatic rings. The SMILES string of the molecule is CCC(CO)NC1CCCC1CN. The first-order chi connectivity index (χ1) is 6.31. The van der Waals surface area contributed by atoms with Crippen molar-refractivity contribution in [3.05, 3.63) is 0 Å². The van der Waals surface area contributed by atoms with Crippen molar-refractivity contribution in [1.82, 2.24) is 5.32 Å². The average molecular weight is 186 g/mol. The lowest BCUT2D eigenvalue weighted by molar-refractivity contribution is 0.218. The summed E-state index contributed by atoms with van der Waals surface area (Å²) in [5, 5.41) is 12.5. The number of nitrogens with one attached hydrogen (secondary N) is 1. The highest BCUT2D eigenvalue weighted by molar-refractivity contribution is 4.85. The smallest absolute Gasteiger partial charge is 0.0584 e. The fourth-order valence-electron chi connectivity index (χ4n) is 2.14. The molecule has 1 fully saturated rings. The summed E-state index contributed by atoms with van der Waals surface area (Å²) in [6.45, 7) is 3.12. The molecule has 0 radical (unpaired) electrons. The van der Waals surface area contributed by atoms with Gasteiger partial charge in [0.2, 0.25) is 0 Å². The lowest BCUT2D eigenvalue weighted by atomic mass is 10.0. The second-order valence-corrected chi connectivity index (χ2v) is 3.99. The van der Waals surface area contributed by atoms with Crippen LogP contribution >= 0.6 is 0 Å². The van der Waals surface area contributed by atoms with Crippen LogP contribution < -0.4 is 11.1 Å². The highest BCUT2D eigenvalue weighted by atomic mass is 16.3. The van der Waals surface area contributed by atoms with Gasteiger partial charge in [0, 0.05) is 12.1 Å². The van der Waals surface area contributed by atoms with Gasteiger partial charge in [-0.2, -0.15) is 0 Å². The molecule has 0 aliphatic heterocycles. The number of rotatable bonds is 5. The zero-order valence-electron chi connectivity index (χ0n) is 8.50. The maximum Gasteiger partial charge on any atom is 0.0584 e. The molecule has 1 rings (SSSR count). The van der Waals surface area contributed by atoms with Gasteiger partial charge in [0.1, 0.15) is 0 Å². The Balaban J connectivity index is 2.33. The monoisotopic (exact) mass is 186 g/mol. The molecule has 0 heterocycles. The molecular weight excluding hydrogens is 164 g/mol. The van der Waals surface area contributed by atoms with Gasteiger partial charge in [-0.3, -0.25) is 0 Å². The van der Waals surface area contributed by atoms with Gasteiger partial charge in [-0.15, -0.1) is 0 Å². The van der Waals surface area contributed by atoms with Crippen LogP contribution in [0.4, 0.5) is 0 Å². The van der Waals surface area contributed by atoms with Gasteiger partial charge in [-0.05, 0) is 31.7 Å². The molecule has 4 N–H and O–H groups in total. The number of hydrogen-bond donors (Lipinski definition) is 3. The molecule has 0 bridgehead atoms. The minimum Gasteiger partial charge on any atom is -0.395 e. The number of nitrogens with two attached hydrogens (primary N) is 1. The number of aliphatic hydroxyl groups is 1. The normalized spacial score (nSPS) is 30.7. The van der Waals surface area contributed by atoms with E-state index >= 15 is 0 Å². The molecule has 1 saturated carbocycles. The molecule has 3 atom stereocenters. The lowest BCUT2D eigenvalue weighted by Gasteiger charge is -2.24. The quantitative estimate of drug-likeness (QED) is 0.585. The van der Waals surface area contributed by atoms with Crippen molar-refractivity contribution in [2.75, 3.05) is 13.2 Å². The van der Waals surface area contributed by atoms with Crippen molar-refractivity contribution in [3.8, 4) is 0 Å². The van der Waals surface area contributed by atoms with Crippen LogP contribution in [0.15, 0.2) is 0 Å². The Morgan fingerprint density at radius 1 is 1.54 bits per heavy atom. The van der Waals surface area contributed by atoms with E-state index in [0.717, 1.165) is 13.0 Å². The van der Waals surface area contributed by atoms with Crippen molar-refractivity contribution in [1.29, 1.82) is 0 Å². The van der Waals surface area contributed by atoms with Gasteiger partial charge in [-0.1, -0.05) is 13.3 Å². The maximum atomic E-state index is 9.05. The van der Waals surface area contributed by atoms with Crippen LogP contribution in [0, 0.1) is 5.92 Å². The fraction of sp³-hybridized carbons (Fsp3) is 1.00. The molecular formula is C10H22N2O. The summed E-state index contributed by atoms with van der Waals surface area (Å²) < 4.78 is 0.